The van der Waals surface area contributed by atoms with Crippen molar-refractivity contribution in [1.82, 2.24) is 15.0 Å². The van der Waals surface area contributed by atoms with Crippen LogP contribution in [-0.4, -0.2) is 21.3 Å². The highest BCUT2D eigenvalue weighted by atomic mass is 79.9. The second kappa shape index (κ2) is 7.09. The first-order chi connectivity index (χ1) is 9.19. The molecule has 1 atom stereocenters. The number of imidazole rings is 1. The van der Waals surface area contributed by atoms with Crippen LogP contribution in [0.3, 0.4) is 0 Å². The van der Waals surface area contributed by atoms with E-state index in [1.54, 1.807) is 11.8 Å². The second-order valence-corrected chi connectivity index (χ2v) is 6.30. The van der Waals surface area contributed by atoms with Crippen molar-refractivity contribution in [2.45, 2.75) is 17.4 Å². The van der Waals surface area contributed by atoms with Crippen LogP contribution in [-0.2, 0) is 13.5 Å². The fourth-order valence-electron chi connectivity index (χ4n) is 1.71. The third-order valence-electron chi connectivity index (χ3n) is 2.85. The van der Waals surface area contributed by atoms with Crippen molar-refractivity contribution in [2.24, 2.45) is 12.9 Å². The van der Waals surface area contributed by atoms with Gasteiger partial charge in [0.2, 0.25) is 0 Å². The molecular formula is C13H17BrN4S. The number of benzene rings is 1. The summed E-state index contributed by atoms with van der Waals surface area (Å²) in [5, 5.41) is 0. The van der Waals surface area contributed by atoms with Crippen LogP contribution in [0.5, 0.6) is 0 Å². The average Bonchev–Trinajstić information content (AvgIpc) is 2.82. The average molecular weight is 341 g/mol. The molecule has 0 aliphatic heterocycles. The lowest BCUT2D eigenvalue weighted by Gasteiger charge is -2.15. The molecule has 3 N–H and O–H groups in total. The Balaban J connectivity index is 1.89. The molecule has 0 amide bonds. The van der Waals surface area contributed by atoms with Crippen molar-refractivity contribution in [3.63, 3.8) is 0 Å². The first-order valence-corrected chi connectivity index (χ1v) is 7.77. The Hall–Kier alpha value is -0.820. The molecule has 1 aromatic carbocycles. The van der Waals surface area contributed by atoms with Crippen LogP contribution in [0.2, 0.25) is 0 Å². The highest BCUT2D eigenvalue weighted by molar-refractivity contribution is 9.10. The van der Waals surface area contributed by atoms with Crippen LogP contribution in [0, 0.1) is 0 Å². The summed E-state index contributed by atoms with van der Waals surface area (Å²) < 4.78 is 3.12. The molecule has 0 aliphatic carbocycles. The summed E-state index contributed by atoms with van der Waals surface area (Å²) in [6.07, 6.45) is 4.58. The normalized spacial score (nSPS) is 12.6. The Morgan fingerprint density at radius 2 is 2.16 bits per heavy atom. The molecule has 0 radical (unpaired) electrons. The van der Waals surface area contributed by atoms with Crippen molar-refractivity contribution in [3.05, 3.63) is 47.0 Å². The van der Waals surface area contributed by atoms with Crippen molar-refractivity contribution < 1.29 is 0 Å². The fraction of sp³-hybridized carbons (Fsp3) is 0.308. The zero-order chi connectivity index (χ0) is 13.7. The Kier molecular flexibility index (Phi) is 5.45. The van der Waals surface area contributed by atoms with Crippen molar-refractivity contribution in [3.8, 4) is 0 Å². The molecule has 2 aromatic rings. The number of rotatable bonds is 6. The highest BCUT2D eigenvalue weighted by Crippen LogP contribution is 2.21. The Labute approximate surface area is 125 Å². The molecule has 0 saturated carbocycles. The zero-order valence-corrected chi connectivity index (χ0v) is 13.1. The summed E-state index contributed by atoms with van der Waals surface area (Å²) in [6.45, 7) is 0. The van der Waals surface area contributed by atoms with Gasteiger partial charge in [0.25, 0.3) is 0 Å². The van der Waals surface area contributed by atoms with Gasteiger partial charge in [-0.15, -0.1) is 11.8 Å². The summed E-state index contributed by atoms with van der Waals surface area (Å²) in [7, 11) is 2.00. The van der Waals surface area contributed by atoms with Gasteiger partial charge in [-0.05, 0) is 24.3 Å². The summed E-state index contributed by atoms with van der Waals surface area (Å²) >= 11 is 5.22. The molecule has 1 unspecified atom stereocenters. The van der Waals surface area contributed by atoms with E-state index in [1.165, 1.54) is 4.90 Å². The second-order valence-electron chi connectivity index (χ2n) is 4.29. The monoisotopic (exact) mass is 340 g/mol. The molecule has 1 heterocycles. The molecule has 19 heavy (non-hydrogen) atoms. The van der Waals surface area contributed by atoms with Gasteiger partial charge in [0.1, 0.15) is 5.82 Å². The number of halogens is 1. The van der Waals surface area contributed by atoms with Crippen LogP contribution in [0.25, 0.3) is 0 Å². The number of nitrogens with one attached hydrogen (secondary N) is 1. The van der Waals surface area contributed by atoms with E-state index in [0.717, 1.165) is 22.5 Å². The standard InChI is InChI=1S/C13H17BrN4S/c1-18-7-6-16-13(18)8-11(17-15)9-19-12-4-2-10(14)3-5-12/h2-7,11,17H,8-9,15H2,1H3. The van der Waals surface area contributed by atoms with Gasteiger partial charge >= 0.3 is 0 Å². The molecule has 0 spiro atoms. The number of aryl methyl sites for hydroxylation is 1. The van der Waals surface area contributed by atoms with E-state index in [9.17, 15) is 0 Å². The van der Waals surface area contributed by atoms with Gasteiger partial charge in [0, 0.05) is 47.0 Å². The molecule has 102 valence electrons. The van der Waals surface area contributed by atoms with E-state index >= 15 is 0 Å². The summed E-state index contributed by atoms with van der Waals surface area (Å²) in [4.78, 5) is 5.56. The molecular weight excluding hydrogens is 324 g/mol. The van der Waals surface area contributed by atoms with E-state index in [4.69, 9.17) is 5.84 Å². The van der Waals surface area contributed by atoms with Crippen LogP contribution >= 0.6 is 27.7 Å². The molecule has 6 heteroatoms. The molecule has 2 rings (SSSR count). The van der Waals surface area contributed by atoms with E-state index in [0.29, 0.717) is 0 Å². The topological polar surface area (TPSA) is 55.9 Å². The van der Waals surface area contributed by atoms with Crippen LogP contribution in [0.1, 0.15) is 5.82 Å². The zero-order valence-electron chi connectivity index (χ0n) is 10.7. The number of hydrogen-bond donors (Lipinski definition) is 2. The Morgan fingerprint density at radius 1 is 1.42 bits per heavy atom. The third-order valence-corrected chi connectivity index (χ3v) is 4.55. The molecule has 0 bridgehead atoms. The fourth-order valence-corrected chi connectivity index (χ4v) is 2.91. The van der Waals surface area contributed by atoms with E-state index in [-0.39, 0.29) is 6.04 Å². The minimum absolute atomic E-state index is 0.203. The van der Waals surface area contributed by atoms with Gasteiger partial charge in [0.15, 0.2) is 0 Å². The summed E-state index contributed by atoms with van der Waals surface area (Å²) in [5.41, 5.74) is 2.87. The SMILES string of the molecule is Cn1ccnc1CC(CSc1ccc(Br)cc1)NN. The Morgan fingerprint density at radius 3 is 2.74 bits per heavy atom. The van der Waals surface area contributed by atoms with E-state index in [2.05, 4.69) is 38.5 Å². The quantitative estimate of drug-likeness (QED) is 0.481. The lowest BCUT2D eigenvalue weighted by atomic mass is 10.2. The smallest absolute Gasteiger partial charge is 0.110 e. The van der Waals surface area contributed by atoms with Crippen LogP contribution in [0.15, 0.2) is 46.0 Å². The van der Waals surface area contributed by atoms with Gasteiger partial charge in [-0.25, -0.2) is 4.98 Å². The van der Waals surface area contributed by atoms with Gasteiger partial charge in [0.05, 0.1) is 0 Å². The minimum Gasteiger partial charge on any atom is -0.338 e. The molecule has 4 nitrogen and oxygen atoms in total. The van der Waals surface area contributed by atoms with E-state index < -0.39 is 0 Å². The maximum absolute atomic E-state index is 5.62. The molecule has 0 aliphatic rings. The predicted octanol–water partition coefficient (Wildman–Crippen LogP) is 2.35. The summed E-state index contributed by atoms with van der Waals surface area (Å²) in [6, 6.07) is 8.50. The minimum atomic E-state index is 0.203. The van der Waals surface area contributed by atoms with Gasteiger partial charge in [-0.3, -0.25) is 11.3 Å². The Bertz CT molecular complexity index is 512. The van der Waals surface area contributed by atoms with Gasteiger partial charge in [-0.1, -0.05) is 15.9 Å². The lowest BCUT2D eigenvalue weighted by molar-refractivity contribution is 0.552. The molecule has 0 saturated heterocycles. The lowest BCUT2D eigenvalue weighted by Crippen LogP contribution is -2.39. The van der Waals surface area contributed by atoms with Crippen LogP contribution in [0.4, 0.5) is 0 Å². The number of thioether (sulfide) groups is 1. The van der Waals surface area contributed by atoms with Crippen molar-refractivity contribution >= 4 is 27.7 Å². The van der Waals surface area contributed by atoms with Gasteiger partial charge < -0.3 is 4.57 Å². The first kappa shape index (κ1) is 14.6. The number of hydrogen-bond acceptors (Lipinski definition) is 4. The highest BCUT2D eigenvalue weighted by Gasteiger charge is 2.11. The molecule has 1 aromatic heterocycles. The van der Waals surface area contributed by atoms with Gasteiger partial charge in [-0.2, -0.15) is 0 Å². The number of aromatic nitrogens is 2. The maximum Gasteiger partial charge on any atom is 0.110 e. The number of nitrogens with two attached hydrogens (primary N) is 1. The van der Waals surface area contributed by atoms with Crippen molar-refractivity contribution in [1.29, 1.82) is 0 Å². The summed E-state index contributed by atoms with van der Waals surface area (Å²) in [5.74, 6) is 7.57. The van der Waals surface area contributed by atoms with Crippen LogP contribution < -0.4 is 11.3 Å². The number of nitrogens with zero attached hydrogens (tertiary/aromatic N) is 2. The predicted molar refractivity (Wildman–Crippen MR) is 82.9 cm³/mol. The van der Waals surface area contributed by atoms with E-state index in [1.807, 2.05) is 36.1 Å². The first-order valence-electron chi connectivity index (χ1n) is 5.99. The largest absolute Gasteiger partial charge is 0.338 e. The molecule has 0 fully saturated rings. The third kappa shape index (κ3) is 4.35. The number of hydrazine groups is 1. The van der Waals surface area contributed by atoms with Crippen molar-refractivity contribution in [2.75, 3.05) is 5.75 Å². The maximum atomic E-state index is 5.62.